The number of pyridine rings is 1. The number of benzene rings is 1. The molecule has 1 aliphatic carbocycles. The van der Waals surface area contributed by atoms with E-state index in [1.807, 2.05) is 0 Å². The molecule has 1 aromatic carbocycles. The predicted molar refractivity (Wildman–Crippen MR) is 86.2 cm³/mol. The van der Waals surface area contributed by atoms with Crippen LogP contribution >= 0.6 is 0 Å². The summed E-state index contributed by atoms with van der Waals surface area (Å²) >= 11 is 0. The molecule has 0 unspecified atom stereocenters. The highest BCUT2D eigenvalue weighted by atomic mass is 19.1. The van der Waals surface area contributed by atoms with Crippen LogP contribution in [0.15, 0.2) is 42.7 Å². The minimum absolute atomic E-state index is 0.370. The fraction of sp³-hybridized carbons (Fsp3) is 0.263. The molecule has 0 radical (unpaired) electrons. The molecular formula is C19H17F2NO2. The molecule has 0 bridgehead atoms. The van der Waals surface area contributed by atoms with Crippen molar-refractivity contribution < 1.29 is 18.3 Å². The highest BCUT2D eigenvalue weighted by molar-refractivity contribution is 5.91. The minimum Gasteiger partial charge on any atom is -0.468 e. The van der Waals surface area contributed by atoms with Crippen molar-refractivity contribution in [1.82, 2.24) is 4.98 Å². The number of aromatic nitrogens is 1. The average Bonchev–Trinajstić information content (AvgIpc) is 3.03. The molecule has 1 aliphatic rings. The third-order valence-corrected chi connectivity index (χ3v) is 4.58. The van der Waals surface area contributed by atoms with Crippen LogP contribution in [0.25, 0.3) is 5.57 Å². The first-order valence-electron chi connectivity index (χ1n) is 7.64. The van der Waals surface area contributed by atoms with E-state index in [0.717, 1.165) is 11.8 Å². The SMILES string of the molecule is COC(=O)[C@@]1(c2cccc(F)c2C)C=C(c2cncc(F)c2)CC1. The van der Waals surface area contributed by atoms with Gasteiger partial charge in [-0.3, -0.25) is 9.78 Å². The number of hydrogen-bond acceptors (Lipinski definition) is 3. The lowest BCUT2D eigenvalue weighted by Crippen LogP contribution is -2.34. The van der Waals surface area contributed by atoms with Crippen molar-refractivity contribution in [2.75, 3.05) is 7.11 Å². The number of carbonyl (C=O) groups excluding carboxylic acids is 1. The highest BCUT2D eigenvalue weighted by Crippen LogP contribution is 2.45. The number of halogens is 2. The van der Waals surface area contributed by atoms with E-state index in [4.69, 9.17) is 4.74 Å². The first-order valence-corrected chi connectivity index (χ1v) is 7.64. The molecule has 3 rings (SSSR count). The maximum absolute atomic E-state index is 14.0. The minimum atomic E-state index is -1.07. The van der Waals surface area contributed by atoms with Gasteiger partial charge in [0.25, 0.3) is 0 Å². The number of rotatable bonds is 3. The van der Waals surface area contributed by atoms with E-state index < -0.39 is 17.2 Å². The fourth-order valence-corrected chi connectivity index (χ4v) is 3.34. The van der Waals surface area contributed by atoms with E-state index in [0.29, 0.717) is 29.5 Å². The number of esters is 1. The van der Waals surface area contributed by atoms with E-state index in [9.17, 15) is 13.6 Å². The number of methoxy groups -OCH3 is 1. The molecule has 0 amide bonds. The number of carbonyl (C=O) groups is 1. The Hall–Kier alpha value is -2.56. The van der Waals surface area contributed by atoms with Gasteiger partial charge in [-0.05, 0) is 54.2 Å². The van der Waals surface area contributed by atoms with Crippen molar-refractivity contribution in [2.24, 2.45) is 0 Å². The third kappa shape index (κ3) is 2.60. The van der Waals surface area contributed by atoms with Gasteiger partial charge in [0, 0.05) is 6.20 Å². The van der Waals surface area contributed by atoms with E-state index in [1.54, 1.807) is 31.3 Å². The van der Waals surface area contributed by atoms with Crippen LogP contribution in [0.4, 0.5) is 8.78 Å². The molecule has 124 valence electrons. The molecular weight excluding hydrogens is 312 g/mol. The lowest BCUT2D eigenvalue weighted by atomic mass is 9.77. The van der Waals surface area contributed by atoms with E-state index >= 15 is 0 Å². The summed E-state index contributed by atoms with van der Waals surface area (Å²) in [5.41, 5.74) is 1.35. The zero-order valence-electron chi connectivity index (χ0n) is 13.5. The molecule has 0 aliphatic heterocycles. The van der Waals surface area contributed by atoms with Crippen LogP contribution in [0.3, 0.4) is 0 Å². The van der Waals surface area contributed by atoms with Crippen LogP contribution < -0.4 is 0 Å². The molecule has 0 spiro atoms. The van der Waals surface area contributed by atoms with Gasteiger partial charge < -0.3 is 4.74 Å². The molecule has 24 heavy (non-hydrogen) atoms. The van der Waals surface area contributed by atoms with E-state index in [1.165, 1.54) is 19.2 Å². The second kappa shape index (κ2) is 6.15. The van der Waals surface area contributed by atoms with Gasteiger partial charge in [-0.25, -0.2) is 8.78 Å². The first kappa shape index (κ1) is 16.3. The van der Waals surface area contributed by atoms with Gasteiger partial charge in [0.15, 0.2) is 0 Å². The van der Waals surface area contributed by atoms with Gasteiger partial charge >= 0.3 is 5.97 Å². The summed E-state index contributed by atoms with van der Waals surface area (Å²) in [5.74, 6) is -1.26. The van der Waals surface area contributed by atoms with E-state index in [2.05, 4.69) is 4.98 Å². The number of allylic oxidation sites excluding steroid dienone is 1. The summed E-state index contributed by atoms with van der Waals surface area (Å²) in [6.07, 6.45) is 5.44. The summed E-state index contributed by atoms with van der Waals surface area (Å²) in [5, 5.41) is 0. The van der Waals surface area contributed by atoms with Crippen LogP contribution in [-0.4, -0.2) is 18.1 Å². The normalized spacial score (nSPS) is 19.9. The summed E-state index contributed by atoms with van der Waals surface area (Å²) in [6, 6.07) is 6.06. The number of ether oxygens (including phenoxy) is 1. The van der Waals surface area contributed by atoms with Gasteiger partial charge in [-0.15, -0.1) is 0 Å². The summed E-state index contributed by atoms with van der Waals surface area (Å²) in [4.78, 5) is 16.4. The fourth-order valence-electron chi connectivity index (χ4n) is 3.34. The number of hydrogen-bond donors (Lipinski definition) is 0. The zero-order valence-corrected chi connectivity index (χ0v) is 13.5. The predicted octanol–water partition coefficient (Wildman–Crippen LogP) is 3.96. The lowest BCUT2D eigenvalue weighted by Gasteiger charge is -2.26. The van der Waals surface area contributed by atoms with Crippen LogP contribution in [-0.2, 0) is 14.9 Å². The lowest BCUT2D eigenvalue weighted by molar-refractivity contribution is -0.145. The Morgan fingerprint density at radius 2 is 2.08 bits per heavy atom. The first-order chi connectivity index (χ1) is 11.5. The quantitative estimate of drug-likeness (QED) is 0.800. The second-order valence-corrected chi connectivity index (χ2v) is 5.94. The smallest absolute Gasteiger partial charge is 0.320 e. The maximum Gasteiger partial charge on any atom is 0.320 e. The standard InChI is InChI=1S/C19H17F2NO2/c1-12-16(4-3-5-17(12)21)19(18(23)24-2)7-6-13(9-19)14-8-15(20)11-22-10-14/h3-5,8-11H,6-7H2,1-2H3/t19-/m1/s1. The maximum atomic E-state index is 14.0. The van der Waals surface area contributed by atoms with Crippen molar-refractivity contribution >= 4 is 11.5 Å². The molecule has 5 heteroatoms. The van der Waals surface area contributed by atoms with Crippen LogP contribution in [0.2, 0.25) is 0 Å². The molecule has 0 N–H and O–H groups in total. The number of nitrogens with zero attached hydrogens (tertiary/aromatic N) is 1. The van der Waals surface area contributed by atoms with Crippen molar-refractivity contribution in [2.45, 2.75) is 25.2 Å². The zero-order chi connectivity index (χ0) is 17.3. The Bertz CT molecular complexity index is 832. The molecule has 3 nitrogen and oxygen atoms in total. The van der Waals surface area contributed by atoms with Crippen molar-refractivity contribution in [1.29, 1.82) is 0 Å². The van der Waals surface area contributed by atoms with Crippen LogP contribution in [0.5, 0.6) is 0 Å². The Balaban J connectivity index is 2.15. The van der Waals surface area contributed by atoms with Crippen molar-refractivity contribution in [3.05, 3.63) is 71.1 Å². The Morgan fingerprint density at radius 3 is 2.79 bits per heavy atom. The van der Waals surface area contributed by atoms with Gasteiger partial charge in [0.1, 0.15) is 17.0 Å². The average molecular weight is 329 g/mol. The van der Waals surface area contributed by atoms with Gasteiger partial charge in [-0.1, -0.05) is 18.2 Å². The van der Waals surface area contributed by atoms with Crippen LogP contribution in [0.1, 0.15) is 29.5 Å². The molecule has 1 aromatic heterocycles. The topological polar surface area (TPSA) is 39.2 Å². The highest BCUT2D eigenvalue weighted by Gasteiger charge is 2.44. The molecule has 1 atom stereocenters. The van der Waals surface area contributed by atoms with Crippen molar-refractivity contribution in [3.63, 3.8) is 0 Å². The van der Waals surface area contributed by atoms with Crippen molar-refractivity contribution in [3.8, 4) is 0 Å². The Morgan fingerprint density at radius 1 is 1.29 bits per heavy atom. The molecule has 1 heterocycles. The summed E-state index contributed by atoms with van der Waals surface area (Å²) in [7, 11) is 1.31. The third-order valence-electron chi connectivity index (χ3n) is 4.58. The van der Waals surface area contributed by atoms with Gasteiger partial charge in [0.05, 0.1) is 13.3 Å². The Kier molecular flexibility index (Phi) is 4.18. The Labute approximate surface area is 139 Å². The summed E-state index contributed by atoms with van der Waals surface area (Å²) in [6.45, 7) is 1.64. The summed E-state index contributed by atoms with van der Waals surface area (Å²) < 4.78 is 32.5. The molecule has 0 saturated carbocycles. The molecule has 2 aromatic rings. The monoisotopic (exact) mass is 329 g/mol. The molecule has 0 fully saturated rings. The molecule has 0 saturated heterocycles. The second-order valence-electron chi connectivity index (χ2n) is 5.94. The van der Waals surface area contributed by atoms with Crippen LogP contribution in [0, 0.1) is 18.6 Å². The van der Waals surface area contributed by atoms with Gasteiger partial charge in [0.2, 0.25) is 0 Å². The largest absolute Gasteiger partial charge is 0.468 e. The van der Waals surface area contributed by atoms with E-state index in [-0.39, 0.29) is 5.82 Å². The van der Waals surface area contributed by atoms with Gasteiger partial charge in [-0.2, -0.15) is 0 Å².